The van der Waals surface area contributed by atoms with Crippen molar-refractivity contribution in [2.24, 2.45) is 0 Å². The second-order valence-electron chi connectivity index (χ2n) is 11.1. The number of nitrogens with zero attached hydrogens (tertiary/aromatic N) is 2. The number of hydrogen-bond donors (Lipinski definition) is 0. The number of hydrogen-bond acceptors (Lipinski definition) is 4. The minimum atomic E-state index is -0.136. The average Bonchev–Trinajstić information content (AvgIpc) is 2.99. The minimum absolute atomic E-state index is 0.101. The molecule has 0 spiro atoms. The van der Waals surface area contributed by atoms with Gasteiger partial charge < -0.3 is 9.47 Å². The summed E-state index contributed by atoms with van der Waals surface area (Å²) in [5.41, 5.74) is 6.21. The Kier molecular flexibility index (Phi) is 7.99. The molecule has 0 fully saturated rings. The van der Waals surface area contributed by atoms with Gasteiger partial charge in [0.1, 0.15) is 17.3 Å². The van der Waals surface area contributed by atoms with Crippen molar-refractivity contribution in [3.63, 3.8) is 0 Å². The van der Waals surface area contributed by atoms with Gasteiger partial charge in [-0.3, -0.25) is 9.36 Å². The second-order valence-corrected chi connectivity index (χ2v) is 11.1. The maximum Gasteiger partial charge on any atom is 0.266 e. The van der Waals surface area contributed by atoms with Crippen molar-refractivity contribution >= 4 is 23.1 Å². The Hall–Kier alpha value is -5.08. The number of ether oxygens (including phenoxy) is 2. The van der Waals surface area contributed by atoms with Crippen molar-refractivity contribution in [2.45, 2.75) is 33.1 Å². The van der Waals surface area contributed by atoms with E-state index < -0.39 is 0 Å². The molecule has 0 unspecified atom stereocenters. The summed E-state index contributed by atoms with van der Waals surface area (Å²) >= 11 is 0. The van der Waals surface area contributed by atoms with Gasteiger partial charge in [0.15, 0.2) is 0 Å². The zero-order chi connectivity index (χ0) is 29.9. The quantitative estimate of drug-likeness (QED) is 0.210. The number of fused-ring (bicyclic) bond motifs is 1. The van der Waals surface area contributed by atoms with Gasteiger partial charge in [-0.1, -0.05) is 56.9 Å². The van der Waals surface area contributed by atoms with E-state index in [1.54, 1.807) is 24.9 Å². The monoisotopic (exact) mass is 554 g/mol. The largest absolute Gasteiger partial charge is 0.497 e. The molecule has 5 nitrogen and oxygen atoms in total. The van der Waals surface area contributed by atoms with E-state index in [0.717, 1.165) is 27.9 Å². The number of methoxy groups -OCH3 is 2. The van der Waals surface area contributed by atoms with Crippen LogP contribution in [0.5, 0.6) is 11.5 Å². The maximum absolute atomic E-state index is 13.8. The zero-order valence-electron chi connectivity index (χ0n) is 24.9. The Balaban J connectivity index is 1.55. The first kappa shape index (κ1) is 28.4. The van der Waals surface area contributed by atoms with Crippen LogP contribution in [0.15, 0.2) is 89.7 Å². The molecule has 1 heterocycles. The Labute approximate surface area is 247 Å². The van der Waals surface area contributed by atoms with E-state index in [-0.39, 0.29) is 11.0 Å². The predicted molar refractivity (Wildman–Crippen MR) is 172 cm³/mol. The molecule has 210 valence electrons. The van der Waals surface area contributed by atoms with Crippen LogP contribution in [0, 0.1) is 18.8 Å². The van der Waals surface area contributed by atoms with E-state index in [1.807, 2.05) is 73.7 Å². The van der Waals surface area contributed by atoms with E-state index in [9.17, 15) is 4.79 Å². The van der Waals surface area contributed by atoms with Crippen LogP contribution in [0.4, 0.5) is 0 Å². The van der Waals surface area contributed by atoms with Crippen LogP contribution in [-0.4, -0.2) is 23.8 Å². The van der Waals surface area contributed by atoms with Gasteiger partial charge in [-0.2, -0.15) is 0 Å². The van der Waals surface area contributed by atoms with Crippen LogP contribution >= 0.6 is 0 Å². The molecule has 0 amide bonds. The fourth-order valence-corrected chi connectivity index (χ4v) is 4.80. The number of rotatable bonds is 5. The SMILES string of the molecule is COc1ccc(C=Cc2nc3ccccc3c(=O)n2-c2ccc(C#Cc3ccc(C(C)(C)C)cc3)cc2C)c(OC)c1. The van der Waals surface area contributed by atoms with Crippen LogP contribution in [0.1, 0.15) is 54.4 Å². The van der Waals surface area contributed by atoms with Gasteiger partial charge in [0.2, 0.25) is 0 Å². The average molecular weight is 555 g/mol. The van der Waals surface area contributed by atoms with Crippen LogP contribution in [-0.2, 0) is 5.41 Å². The smallest absolute Gasteiger partial charge is 0.266 e. The van der Waals surface area contributed by atoms with Gasteiger partial charge in [-0.05, 0) is 90.2 Å². The summed E-state index contributed by atoms with van der Waals surface area (Å²) in [6.45, 7) is 8.59. The molecular formula is C37H34N2O3. The van der Waals surface area contributed by atoms with Gasteiger partial charge in [0, 0.05) is 22.8 Å². The summed E-state index contributed by atoms with van der Waals surface area (Å²) in [6.07, 6.45) is 3.73. The standard InChI is InChI=1S/C37H34N2O3/c1-25-23-27(12-11-26-13-18-29(19-14-26)37(2,3)4)15-21-33(25)39-35(38-32-10-8-7-9-31(32)36(39)40)22-17-28-16-20-30(41-5)24-34(28)42-6/h7-10,13-24H,1-6H3. The summed E-state index contributed by atoms with van der Waals surface area (Å²) in [4.78, 5) is 18.7. The topological polar surface area (TPSA) is 53.3 Å². The lowest BCUT2D eigenvalue weighted by Crippen LogP contribution is -2.23. The first-order valence-electron chi connectivity index (χ1n) is 13.8. The molecule has 5 aromatic rings. The molecule has 0 aliphatic carbocycles. The van der Waals surface area contributed by atoms with Crippen molar-refractivity contribution in [1.82, 2.24) is 9.55 Å². The van der Waals surface area contributed by atoms with E-state index in [0.29, 0.717) is 28.2 Å². The second kappa shape index (κ2) is 11.8. The summed E-state index contributed by atoms with van der Waals surface area (Å²) in [5, 5.41) is 0.554. The number of benzene rings is 4. The molecule has 0 bridgehead atoms. The molecule has 4 aromatic carbocycles. The van der Waals surface area contributed by atoms with Crippen molar-refractivity contribution < 1.29 is 9.47 Å². The van der Waals surface area contributed by atoms with Crippen molar-refractivity contribution in [3.8, 4) is 29.0 Å². The molecule has 0 N–H and O–H groups in total. The first-order chi connectivity index (χ1) is 20.2. The molecule has 1 aromatic heterocycles. The molecule has 0 aliphatic heterocycles. The van der Waals surface area contributed by atoms with Crippen molar-refractivity contribution in [3.05, 3.63) is 129 Å². The van der Waals surface area contributed by atoms with Gasteiger partial charge >= 0.3 is 0 Å². The Bertz CT molecular complexity index is 1910. The van der Waals surface area contributed by atoms with E-state index in [1.165, 1.54) is 5.56 Å². The molecule has 0 atom stereocenters. The predicted octanol–water partition coefficient (Wildman–Crippen LogP) is 7.58. The highest BCUT2D eigenvalue weighted by molar-refractivity contribution is 5.80. The normalized spacial score (nSPS) is 11.4. The summed E-state index contributed by atoms with van der Waals surface area (Å²) in [7, 11) is 3.23. The molecule has 0 saturated heterocycles. The van der Waals surface area contributed by atoms with E-state index >= 15 is 0 Å². The van der Waals surface area contributed by atoms with Crippen LogP contribution in [0.2, 0.25) is 0 Å². The van der Waals surface area contributed by atoms with Crippen LogP contribution in [0.3, 0.4) is 0 Å². The fourth-order valence-electron chi connectivity index (χ4n) is 4.80. The summed E-state index contributed by atoms with van der Waals surface area (Å²) in [5.74, 6) is 8.41. The Morgan fingerprint density at radius 1 is 0.810 bits per heavy atom. The highest BCUT2D eigenvalue weighted by Crippen LogP contribution is 2.27. The Morgan fingerprint density at radius 2 is 1.52 bits per heavy atom. The van der Waals surface area contributed by atoms with Crippen LogP contribution < -0.4 is 15.0 Å². The number of aryl methyl sites for hydroxylation is 1. The molecule has 0 saturated carbocycles. The van der Waals surface area contributed by atoms with Crippen molar-refractivity contribution in [1.29, 1.82) is 0 Å². The third-order valence-corrected chi connectivity index (χ3v) is 7.19. The lowest BCUT2D eigenvalue weighted by molar-refractivity contribution is 0.394. The summed E-state index contributed by atoms with van der Waals surface area (Å²) < 4.78 is 12.5. The van der Waals surface area contributed by atoms with Gasteiger partial charge in [0.25, 0.3) is 5.56 Å². The summed E-state index contributed by atoms with van der Waals surface area (Å²) in [6, 6.07) is 27.3. The van der Waals surface area contributed by atoms with Gasteiger partial charge in [0.05, 0.1) is 30.8 Å². The van der Waals surface area contributed by atoms with Gasteiger partial charge in [-0.25, -0.2) is 4.98 Å². The first-order valence-corrected chi connectivity index (χ1v) is 13.8. The third-order valence-electron chi connectivity index (χ3n) is 7.19. The number of aromatic nitrogens is 2. The lowest BCUT2D eigenvalue weighted by atomic mass is 9.87. The number of para-hydroxylation sites is 1. The molecule has 0 radical (unpaired) electrons. The molecule has 42 heavy (non-hydrogen) atoms. The van der Waals surface area contributed by atoms with E-state index in [4.69, 9.17) is 14.5 Å². The third kappa shape index (κ3) is 5.99. The van der Waals surface area contributed by atoms with Crippen molar-refractivity contribution in [2.75, 3.05) is 14.2 Å². The molecular weight excluding hydrogens is 520 g/mol. The highest BCUT2D eigenvalue weighted by atomic mass is 16.5. The maximum atomic E-state index is 13.8. The van der Waals surface area contributed by atoms with Gasteiger partial charge in [-0.15, -0.1) is 0 Å². The highest BCUT2D eigenvalue weighted by Gasteiger charge is 2.14. The molecule has 5 rings (SSSR count). The molecule has 5 heteroatoms. The Morgan fingerprint density at radius 3 is 2.21 bits per heavy atom. The lowest BCUT2D eigenvalue weighted by Gasteiger charge is -2.18. The van der Waals surface area contributed by atoms with Crippen LogP contribution in [0.25, 0.3) is 28.7 Å². The zero-order valence-corrected chi connectivity index (χ0v) is 24.9. The molecule has 0 aliphatic rings. The van der Waals surface area contributed by atoms with E-state index in [2.05, 4.69) is 56.9 Å². The minimum Gasteiger partial charge on any atom is -0.497 e. The fraction of sp³-hybridized carbons (Fsp3) is 0.189.